The number of amides is 1. The number of carbonyl (C=O) groups excluding carboxylic acids is 1. The number of rotatable bonds is 5. The van der Waals surface area contributed by atoms with E-state index in [1.165, 1.54) is 0 Å². The molecular weight excluding hydrogens is 252 g/mol. The van der Waals surface area contributed by atoms with Crippen molar-refractivity contribution < 1.29 is 4.79 Å². The third kappa shape index (κ3) is 4.07. The number of nitrogen functional groups attached to an aromatic ring is 1. The molecule has 0 radical (unpaired) electrons. The Morgan fingerprint density at radius 1 is 1.25 bits per heavy atom. The maximum atomic E-state index is 11.9. The lowest BCUT2D eigenvalue weighted by Crippen LogP contribution is -2.30. The minimum Gasteiger partial charge on any atom is -0.397 e. The summed E-state index contributed by atoms with van der Waals surface area (Å²) >= 11 is 0. The highest BCUT2D eigenvalue weighted by atomic mass is 16.2. The molecule has 0 saturated heterocycles. The predicted octanol–water partition coefficient (Wildman–Crippen LogP) is 1.73. The van der Waals surface area contributed by atoms with E-state index < -0.39 is 0 Å². The van der Waals surface area contributed by atoms with Crippen molar-refractivity contribution in [2.45, 2.75) is 6.54 Å². The highest BCUT2D eigenvalue weighted by Crippen LogP contribution is 2.16. The molecule has 0 aliphatic rings. The first kappa shape index (κ1) is 14.0. The van der Waals surface area contributed by atoms with E-state index in [0.717, 1.165) is 5.69 Å². The van der Waals surface area contributed by atoms with E-state index in [1.54, 1.807) is 18.3 Å². The number of hydrogen-bond donors (Lipinski definition) is 2. The molecule has 104 valence electrons. The van der Waals surface area contributed by atoms with E-state index in [9.17, 15) is 4.79 Å². The molecule has 0 unspecified atom stereocenters. The van der Waals surface area contributed by atoms with Crippen LogP contribution in [0.2, 0.25) is 0 Å². The van der Waals surface area contributed by atoms with Gasteiger partial charge in [-0.15, -0.1) is 0 Å². The van der Waals surface area contributed by atoms with Gasteiger partial charge in [-0.3, -0.25) is 14.7 Å². The average Bonchev–Trinajstić information content (AvgIpc) is 2.42. The van der Waals surface area contributed by atoms with Crippen LogP contribution < -0.4 is 11.1 Å². The van der Waals surface area contributed by atoms with E-state index in [-0.39, 0.29) is 12.5 Å². The van der Waals surface area contributed by atoms with Crippen molar-refractivity contribution in [2.24, 2.45) is 0 Å². The zero-order chi connectivity index (χ0) is 14.4. The lowest BCUT2D eigenvalue weighted by atomic mass is 10.2. The molecule has 1 heterocycles. The molecular formula is C15H18N4O. The van der Waals surface area contributed by atoms with Crippen molar-refractivity contribution in [1.82, 2.24) is 9.88 Å². The van der Waals surface area contributed by atoms with Crippen LogP contribution in [-0.4, -0.2) is 29.4 Å². The molecule has 1 amide bonds. The number of benzene rings is 1. The minimum atomic E-state index is -0.0960. The first-order chi connectivity index (χ1) is 9.65. The quantitative estimate of drug-likeness (QED) is 0.812. The molecule has 1 aromatic heterocycles. The van der Waals surface area contributed by atoms with Crippen molar-refractivity contribution in [3.05, 3.63) is 54.4 Å². The van der Waals surface area contributed by atoms with Crippen LogP contribution in [0.15, 0.2) is 48.7 Å². The first-order valence-electron chi connectivity index (χ1n) is 6.38. The largest absolute Gasteiger partial charge is 0.397 e. The van der Waals surface area contributed by atoms with Crippen LogP contribution in [0.1, 0.15) is 5.69 Å². The Kier molecular flexibility index (Phi) is 4.68. The van der Waals surface area contributed by atoms with Crippen molar-refractivity contribution in [1.29, 1.82) is 0 Å². The van der Waals surface area contributed by atoms with Gasteiger partial charge in [-0.05, 0) is 31.3 Å². The van der Waals surface area contributed by atoms with Gasteiger partial charge in [-0.25, -0.2) is 0 Å². The highest BCUT2D eigenvalue weighted by molar-refractivity contribution is 5.95. The molecule has 0 fully saturated rings. The monoisotopic (exact) mass is 270 g/mol. The van der Waals surface area contributed by atoms with Crippen molar-refractivity contribution in [2.75, 3.05) is 24.6 Å². The first-order valence-corrected chi connectivity index (χ1v) is 6.38. The van der Waals surface area contributed by atoms with Gasteiger partial charge in [0.2, 0.25) is 5.91 Å². The van der Waals surface area contributed by atoms with Crippen LogP contribution in [0.4, 0.5) is 11.4 Å². The van der Waals surface area contributed by atoms with Crippen molar-refractivity contribution in [3.63, 3.8) is 0 Å². The third-order valence-corrected chi connectivity index (χ3v) is 2.81. The van der Waals surface area contributed by atoms with Crippen LogP contribution in [0.5, 0.6) is 0 Å². The second kappa shape index (κ2) is 6.68. The molecule has 3 N–H and O–H groups in total. The van der Waals surface area contributed by atoms with E-state index in [0.29, 0.717) is 17.9 Å². The highest BCUT2D eigenvalue weighted by Gasteiger charge is 2.09. The number of nitrogens with one attached hydrogen (secondary N) is 1. The van der Waals surface area contributed by atoms with E-state index in [4.69, 9.17) is 5.73 Å². The summed E-state index contributed by atoms with van der Waals surface area (Å²) in [7, 11) is 1.88. The zero-order valence-corrected chi connectivity index (χ0v) is 11.4. The van der Waals surface area contributed by atoms with Crippen LogP contribution in [-0.2, 0) is 11.3 Å². The Labute approximate surface area is 118 Å². The van der Waals surface area contributed by atoms with Gasteiger partial charge < -0.3 is 11.1 Å². The summed E-state index contributed by atoms with van der Waals surface area (Å²) in [4.78, 5) is 18.1. The van der Waals surface area contributed by atoms with Crippen LogP contribution >= 0.6 is 0 Å². The average molecular weight is 270 g/mol. The number of carbonyl (C=O) groups is 1. The summed E-state index contributed by atoms with van der Waals surface area (Å²) < 4.78 is 0. The van der Waals surface area contributed by atoms with Gasteiger partial charge in [-0.1, -0.05) is 18.2 Å². The summed E-state index contributed by atoms with van der Waals surface area (Å²) in [6.07, 6.45) is 1.74. The van der Waals surface area contributed by atoms with Gasteiger partial charge in [0.15, 0.2) is 0 Å². The number of aromatic nitrogens is 1. The van der Waals surface area contributed by atoms with Crippen molar-refractivity contribution >= 4 is 17.3 Å². The predicted molar refractivity (Wildman–Crippen MR) is 80.1 cm³/mol. The molecule has 5 heteroatoms. The summed E-state index contributed by atoms with van der Waals surface area (Å²) in [5, 5.41) is 2.80. The third-order valence-electron chi connectivity index (χ3n) is 2.81. The number of likely N-dealkylation sites (N-methyl/N-ethyl adjacent to an activating group) is 1. The second-order valence-electron chi connectivity index (χ2n) is 4.63. The summed E-state index contributed by atoms with van der Waals surface area (Å²) in [6, 6.07) is 12.9. The number of pyridine rings is 1. The molecule has 2 aromatic rings. The lowest BCUT2D eigenvalue weighted by Gasteiger charge is -2.16. The summed E-state index contributed by atoms with van der Waals surface area (Å²) in [5.74, 6) is -0.0960. The molecule has 0 aliphatic carbocycles. The van der Waals surface area contributed by atoms with Gasteiger partial charge in [0, 0.05) is 12.7 Å². The van der Waals surface area contributed by atoms with Crippen LogP contribution in [0.3, 0.4) is 0 Å². The second-order valence-corrected chi connectivity index (χ2v) is 4.63. The topological polar surface area (TPSA) is 71.2 Å². The van der Waals surface area contributed by atoms with Gasteiger partial charge in [0.05, 0.1) is 23.6 Å². The number of para-hydroxylation sites is 2. The smallest absolute Gasteiger partial charge is 0.238 e. The van der Waals surface area contributed by atoms with Gasteiger partial charge >= 0.3 is 0 Å². The Morgan fingerprint density at radius 3 is 2.70 bits per heavy atom. The van der Waals surface area contributed by atoms with Crippen molar-refractivity contribution in [3.8, 4) is 0 Å². The maximum absolute atomic E-state index is 11.9. The molecule has 1 aromatic carbocycles. The molecule has 0 aliphatic heterocycles. The SMILES string of the molecule is CN(CC(=O)Nc1ccccc1N)Cc1ccccn1. The summed E-state index contributed by atoms with van der Waals surface area (Å²) in [5.41, 5.74) is 7.92. The summed E-state index contributed by atoms with van der Waals surface area (Å²) in [6.45, 7) is 0.906. The minimum absolute atomic E-state index is 0.0960. The molecule has 0 bridgehead atoms. The Bertz CT molecular complexity index is 571. The Morgan fingerprint density at radius 2 is 2.00 bits per heavy atom. The lowest BCUT2D eigenvalue weighted by molar-refractivity contribution is -0.117. The van der Waals surface area contributed by atoms with Gasteiger partial charge in [-0.2, -0.15) is 0 Å². The number of nitrogens with zero attached hydrogens (tertiary/aromatic N) is 2. The zero-order valence-electron chi connectivity index (χ0n) is 11.4. The molecule has 0 saturated carbocycles. The van der Waals surface area contributed by atoms with E-state index in [2.05, 4.69) is 10.3 Å². The number of anilines is 2. The van der Waals surface area contributed by atoms with E-state index >= 15 is 0 Å². The standard InChI is InChI=1S/C15H18N4O/c1-19(10-12-6-4-5-9-17-12)11-15(20)18-14-8-3-2-7-13(14)16/h2-9H,10-11,16H2,1H3,(H,18,20). The molecule has 20 heavy (non-hydrogen) atoms. The van der Waals surface area contributed by atoms with Gasteiger partial charge in [0.25, 0.3) is 0 Å². The molecule has 0 spiro atoms. The molecule has 5 nitrogen and oxygen atoms in total. The Balaban J connectivity index is 1.87. The van der Waals surface area contributed by atoms with E-state index in [1.807, 2.05) is 42.3 Å². The number of hydrogen-bond acceptors (Lipinski definition) is 4. The Hall–Kier alpha value is -2.40. The van der Waals surface area contributed by atoms with Gasteiger partial charge in [0.1, 0.15) is 0 Å². The molecule has 2 rings (SSSR count). The fourth-order valence-electron chi connectivity index (χ4n) is 1.87. The van der Waals surface area contributed by atoms with Crippen LogP contribution in [0.25, 0.3) is 0 Å². The number of nitrogens with two attached hydrogens (primary N) is 1. The fourth-order valence-corrected chi connectivity index (χ4v) is 1.87. The normalized spacial score (nSPS) is 10.5. The maximum Gasteiger partial charge on any atom is 0.238 e. The van der Waals surface area contributed by atoms with Crippen LogP contribution in [0, 0.1) is 0 Å². The molecule has 0 atom stereocenters. The fraction of sp³-hybridized carbons (Fsp3) is 0.200.